The number of rotatable bonds is 4. The van der Waals surface area contributed by atoms with Gasteiger partial charge in [-0.25, -0.2) is 0 Å². The van der Waals surface area contributed by atoms with Gasteiger partial charge in [0.1, 0.15) is 0 Å². The molecule has 118 valence electrons. The number of nitrogens with zero attached hydrogens (tertiary/aromatic N) is 4. The van der Waals surface area contributed by atoms with E-state index in [4.69, 9.17) is 0 Å². The van der Waals surface area contributed by atoms with Gasteiger partial charge in [-0.3, -0.25) is 9.36 Å². The summed E-state index contributed by atoms with van der Waals surface area (Å²) >= 11 is 0. The van der Waals surface area contributed by atoms with Crippen LogP contribution in [0.15, 0.2) is 12.3 Å². The molecule has 0 amide bonds. The van der Waals surface area contributed by atoms with Gasteiger partial charge >= 0.3 is 6.18 Å². The van der Waals surface area contributed by atoms with Gasteiger partial charge in [0.2, 0.25) is 0 Å². The summed E-state index contributed by atoms with van der Waals surface area (Å²) in [5.74, 6) is 0. The van der Waals surface area contributed by atoms with Gasteiger partial charge in [-0.05, 0) is 19.9 Å². The van der Waals surface area contributed by atoms with Crippen LogP contribution in [0.2, 0.25) is 0 Å². The summed E-state index contributed by atoms with van der Waals surface area (Å²) in [6.07, 6.45) is -2.59. The fourth-order valence-electron chi connectivity index (χ4n) is 1.85. The summed E-state index contributed by atoms with van der Waals surface area (Å²) in [5.41, 5.74) is 1.20. The predicted molar refractivity (Wildman–Crippen MR) is 75.4 cm³/mol. The van der Waals surface area contributed by atoms with Gasteiger partial charge in [0.15, 0.2) is 5.69 Å². The van der Waals surface area contributed by atoms with E-state index in [9.17, 15) is 13.2 Å². The Kier molecular flexibility index (Phi) is 5.27. The minimum absolute atomic E-state index is 0. The lowest BCUT2D eigenvalue weighted by Gasteiger charge is -2.04. The first-order valence-electron chi connectivity index (χ1n) is 6.19. The quantitative estimate of drug-likeness (QED) is 0.941. The van der Waals surface area contributed by atoms with E-state index in [1.165, 1.54) is 11.7 Å². The lowest BCUT2D eigenvalue weighted by atomic mass is 10.3. The second kappa shape index (κ2) is 6.38. The molecule has 0 bridgehead atoms. The molecule has 0 aliphatic heterocycles. The molecule has 0 atom stereocenters. The van der Waals surface area contributed by atoms with Crippen LogP contribution in [0.1, 0.15) is 24.0 Å². The van der Waals surface area contributed by atoms with Gasteiger partial charge in [-0.1, -0.05) is 0 Å². The maximum absolute atomic E-state index is 12.5. The third kappa shape index (κ3) is 3.90. The Morgan fingerprint density at radius 2 is 1.95 bits per heavy atom. The molecule has 2 aromatic rings. The van der Waals surface area contributed by atoms with Crippen LogP contribution in [0, 0.1) is 6.92 Å². The van der Waals surface area contributed by atoms with Crippen molar-refractivity contribution in [1.29, 1.82) is 0 Å². The first-order valence-corrected chi connectivity index (χ1v) is 6.19. The van der Waals surface area contributed by atoms with Crippen LogP contribution in [0.4, 0.5) is 18.9 Å². The van der Waals surface area contributed by atoms with Crippen LogP contribution in [0.5, 0.6) is 0 Å². The number of hydrogen-bond donors (Lipinski definition) is 1. The van der Waals surface area contributed by atoms with Crippen molar-refractivity contribution in [2.75, 3.05) is 5.32 Å². The van der Waals surface area contributed by atoms with Crippen LogP contribution in [-0.4, -0.2) is 19.6 Å². The molecule has 2 rings (SSSR count). The second-order valence-corrected chi connectivity index (χ2v) is 4.48. The van der Waals surface area contributed by atoms with E-state index >= 15 is 0 Å². The van der Waals surface area contributed by atoms with E-state index in [0.29, 0.717) is 5.69 Å². The van der Waals surface area contributed by atoms with Crippen molar-refractivity contribution < 1.29 is 13.2 Å². The molecule has 0 spiro atoms. The standard InChI is InChI=1S/C12H16F3N5.ClH/c1-4-20-7-10(8(2)17-20)16-6-9-5-11(12(13,14)15)18-19(9)3;/h5,7,16H,4,6H2,1-3H3;1H. The van der Waals surface area contributed by atoms with Crippen molar-refractivity contribution in [2.45, 2.75) is 33.1 Å². The summed E-state index contributed by atoms with van der Waals surface area (Å²) in [6.45, 7) is 4.81. The normalized spacial score (nSPS) is 11.3. The molecular weight excluding hydrogens is 307 g/mol. The Labute approximate surface area is 126 Å². The molecule has 0 aliphatic carbocycles. The van der Waals surface area contributed by atoms with E-state index in [-0.39, 0.29) is 19.0 Å². The van der Waals surface area contributed by atoms with Crippen molar-refractivity contribution in [3.05, 3.63) is 29.3 Å². The van der Waals surface area contributed by atoms with Crippen molar-refractivity contribution in [3.8, 4) is 0 Å². The molecule has 1 N–H and O–H groups in total. The highest BCUT2D eigenvalue weighted by atomic mass is 35.5. The summed E-state index contributed by atoms with van der Waals surface area (Å²) in [5, 5.41) is 10.8. The lowest BCUT2D eigenvalue weighted by molar-refractivity contribution is -0.141. The molecule has 0 aromatic carbocycles. The van der Waals surface area contributed by atoms with Crippen LogP contribution < -0.4 is 5.32 Å². The highest BCUT2D eigenvalue weighted by Crippen LogP contribution is 2.28. The number of nitrogens with one attached hydrogen (secondary N) is 1. The lowest BCUT2D eigenvalue weighted by Crippen LogP contribution is -2.07. The fraction of sp³-hybridized carbons (Fsp3) is 0.500. The molecule has 0 unspecified atom stereocenters. The molecule has 2 heterocycles. The van der Waals surface area contributed by atoms with E-state index < -0.39 is 11.9 Å². The Balaban J connectivity index is 0.00000220. The summed E-state index contributed by atoms with van der Waals surface area (Å²) in [7, 11) is 1.49. The van der Waals surface area contributed by atoms with Crippen molar-refractivity contribution in [1.82, 2.24) is 19.6 Å². The average Bonchev–Trinajstić information content (AvgIpc) is 2.90. The molecule has 0 saturated carbocycles. The number of anilines is 1. The maximum atomic E-state index is 12.5. The minimum Gasteiger partial charge on any atom is -0.377 e. The van der Waals surface area contributed by atoms with Crippen LogP contribution in [0.3, 0.4) is 0 Å². The van der Waals surface area contributed by atoms with E-state index in [2.05, 4.69) is 15.5 Å². The number of halogens is 4. The number of hydrogen-bond acceptors (Lipinski definition) is 3. The third-order valence-corrected chi connectivity index (χ3v) is 3.00. The Bertz CT molecular complexity index is 603. The van der Waals surface area contributed by atoms with E-state index in [1.54, 1.807) is 4.68 Å². The zero-order valence-electron chi connectivity index (χ0n) is 11.9. The van der Waals surface area contributed by atoms with Crippen molar-refractivity contribution in [2.24, 2.45) is 7.05 Å². The summed E-state index contributed by atoms with van der Waals surface area (Å²) in [6, 6.07) is 1.05. The molecule has 0 radical (unpaired) electrons. The topological polar surface area (TPSA) is 47.7 Å². The smallest absolute Gasteiger partial charge is 0.377 e. The van der Waals surface area contributed by atoms with Crippen molar-refractivity contribution in [3.63, 3.8) is 0 Å². The van der Waals surface area contributed by atoms with Crippen LogP contribution >= 0.6 is 12.4 Å². The van der Waals surface area contributed by atoms with Crippen LogP contribution in [-0.2, 0) is 26.3 Å². The van der Waals surface area contributed by atoms with Gasteiger partial charge in [0.05, 0.1) is 23.6 Å². The Hall–Kier alpha value is -1.70. The number of aromatic nitrogens is 4. The molecule has 9 heteroatoms. The first kappa shape index (κ1) is 17.4. The SMILES string of the molecule is CCn1cc(NCc2cc(C(F)(F)F)nn2C)c(C)n1.Cl. The largest absolute Gasteiger partial charge is 0.435 e. The maximum Gasteiger partial charge on any atom is 0.435 e. The Morgan fingerprint density at radius 1 is 1.29 bits per heavy atom. The highest BCUT2D eigenvalue weighted by Gasteiger charge is 2.34. The van der Waals surface area contributed by atoms with Crippen molar-refractivity contribution >= 4 is 18.1 Å². The van der Waals surface area contributed by atoms with E-state index in [1.807, 2.05) is 20.0 Å². The second-order valence-electron chi connectivity index (χ2n) is 4.48. The zero-order chi connectivity index (χ0) is 14.9. The zero-order valence-corrected chi connectivity index (χ0v) is 12.7. The fourth-order valence-corrected chi connectivity index (χ4v) is 1.85. The van der Waals surface area contributed by atoms with Crippen LogP contribution in [0.25, 0.3) is 0 Å². The summed E-state index contributed by atoms with van der Waals surface area (Å²) in [4.78, 5) is 0. The predicted octanol–water partition coefficient (Wildman–Crippen LogP) is 3.00. The molecule has 0 aliphatic rings. The van der Waals surface area contributed by atoms with Gasteiger partial charge in [0.25, 0.3) is 0 Å². The molecule has 0 saturated heterocycles. The first-order chi connectivity index (χ1) is 9.31. The summed E-state index contributed by atoms with van der Waals surface area (Å²) < 4.78 is 40.6. The molecule has 21 heavy (non-hydrogen) atoms. The third-order valence-electron chi connectivity index (χ3n) is 3.00. The van der Waals surface area contributed by atoms with E-state index in [0.717, 1.165) is 24.0 Å². The monoisotopic (exact) mass is 323 g/mol. The number of alkyl halides is 3. The van der Waals surface area contributed by atoms with Gasteiger partial charge in [0, 0.05) is 19.8 Å². The van der Waals surface area contributed by atoms with Gasteiger partial charge in [-0.15, -0.1) is 12.4 Å². The molecule has 2 aromatic heterocycles. The average molecular weight is 324 g/mol. The molecule has 0 fully saturated rings. The van der Waals surface area contributed by atoms with Gasteiger partial charge in [-0.2, -0.15) is 23.4 Å². The number of aryl methyl sites for hydroxylation is 3. The van der Waals surface area contributed by atoms with Gasteiger partial charge < -0.3 is 5.32 Å². The highest BCUT2D eigenvalue weighted by molar-refractivity contribution is 5.85. The molecular formula is C12H17ClF3N5. The minimum atomic E-state index is -4.42. The Morgan fingerprint density at radius 3 is 2.43 bits per heavy atom. The molecule has 5 nitrogen and oxygen atoms in total.